The molecule has 4 N–H and O–H groups in total. The molecule has 0 aliphatic heterocycles. The van der Waals surface area contributed by atoms with Gasteiger partial charge < -0.3 is 24.8 Å². The predicted molar refractivity (Wildman–Crippen MR) is 137 cm³/mol. The van der Waals surface area contributed by atoms with Crippen molar-refractivity contribution in [3.05, 3.63) is 0 Å². The molecular weight excluding hydrogens is 469 g/mol. The molecule has 0 aromatic carbocycles. The van der Waals surface area contributed by atoms with Crippen LogP contribution in [0.1, 0.15) is 85.0 Å². The maximum Gasteiger partial charge on any atom is 0.324 e. The van der Waals surface area contributed by atoms with Gasteiger partial charge in [0.15, 0.2) is 0 Å². The minimum atomic E-state index is -3.20. The predicted octanol–water partition coefficient (Wildman–Crippen LogP) is 4.81. The highest BCUT2D eigenvalue weighted by Crippen LogP contribution is 2.68. The first-order chi connectivity index (χ1) is 15.9. The fourth-order valence-corrected chi connectivity index (χ4v) is 9.81. The van der Waals surface area contributed by atoms with Crippen LogP contribution in [0, 0.1) is 46.3 Å². The second-order valence-electron chi connectivity index (χ2n) is 12.5. The molecule has 7 unspecified atom stereocenters. The Balaban J connectivity index is 1.41. The maximum absolute atomic E-state index is 12.7. The molecule has 4 aliphatic rings. The zero-order valence-electron chi connectivity index (χ0n) is 21.4. The van der Waals surface area contributed by atoms with Gasteiger partial charge in [0, 0.05) is 26.0 Å². The Morgan fingerprint density at radius 2 is 1.82 bits per heavy atom. The molecular formula is C26H46NO5PS. The van der Waals surface area contributed by atoms with Crippen LogP contribution in [0.15, 0.2) is 0 Å². The Morgan fingerprint density at radius 3 is 2.53 bits per heavy atom. The first-order valence-electron chi connectivity index (χ1n) is 13.4. The van der Waals surface area contributed by atoms with Crippen molar-refractivity contribution in [2.75, 3.05) is 13.7 Å². The number of nitrogens with two attached hydrogens (primary N) is 1. The van der Waals surface area contributed by atoms with Crippen LogP contribution in [0.5, 0.6) is 0 Å². The molecule has 34 heavy (non-hydrogen) atoms. The lowest BCUT2D eigenvalue weighted by Crippen LogP contribution is -2.59. The topological polar surface area (TPSA) is 102 Å². The van der Waals surface area contributed by atoms with Gasteiger partial charge in [-0.3, -0.25) is 4.79 Å². The monoisotopic (exact) mass is 515 g/mol. The van der Waals surface area contributed by atoms with Gasteiger partial charge in [-0.15, -0.1) is 0 Å². The maximum atomic E-state index is 12.7. The lowest BCUT2D eigenvalue weighted by Gasteiger charge is -2.62. The Bertz CT molecular complexity index is 812. The van der Waals surface area contributed by atoms with Gasteiger partial charge in [-0.05, 0) is 110 Å². The third kappa shape index (κ3) is 4.97. The largest absolute Gasteiger partial charge is 0.393 e. The Morgan fingerprint density at radius 1 is 1.15 bits per heavy atom. The summed E-state index contributed by atoms with van der Waals surface area (Å²) in [4.78, 5) is 22.4. The molecule has 8 heteroatoms. The van der Waals surface area contributed by atoms with E-state index in [1.165, 1.54) is 32.8 Å². The summed E-state index contributed by atoms with van der Waals surface area (Å²) in [5.41, 5.74) is 6.84. The molecule has 196 valence electrons. The molecule has 0 heterocycles. The lowest BCUT2D eigenvalue weighted by molar-refractivity contribution is -0.166. The third-order valence-electron chi connectivity index (χ3n) is 10.9. The quantitative estimate of drug-likeness (QED) is 0.399. The molecule has 0 spiro atoms. The number of carbonyl (C=O) groups excluding carboxylic acids is 1. The summed E-state index contributed by atoms with van der Waals surface area (Å²) < 4.78 is 9.97. The smallest absolute Gasteiger partial charge is 0.324 e. The second kappa shape index (κ2) is 10.1. The van der Waals surface area contributed by atoms with E-state index in [9.17, 15) is 14.8 Å². The number of aliphatic hydroxyl groups is 1. The van der Waals surface area contributed by atoms with Gasteiger partial charge in [0.25, 0.3) is 0 Å². The number of hydrogen-bond donors (Lipinski definition) is 3. The molecule has 4 fully saturated rings. The number of hydrogen-bond acceptors (Lipinski definition) is 6. The van der Waals surface area contributed by atoms with Crippen molar-refractivity contribution in [3.63, 3.8) is 0 Å². The van der Waals surface area contributed by atoms with Crippen LogP contribution in [0.4, 0.5) is 0 Å². The zero-order valence-corrected chi connectivity index (χ0v) is 23.2. The molecule has 0 radical (unpaired) electrons. The van der Waals surface area contributed by atoms with Crippen LogP contribution in [0.2, 0.25) is 0 Å². The SMILES string of the molecule is COP(O)(=S)OCCC(=O)C[C@@H](C)C1CCC2C3C(O)CC4C[C@H](N)CC[C@]4(C)C3CC[C@@]21C. The van der Waals surface area contributed by atoms with E-state index in [0.29, 0.717) is 53.4 Å². The van der Waals surface area contributed by atoms with Gasteiger partial charge in [-0.2, -0.15) is 0 Å². The number of carbonyl (C=O) groups is 1. The van der Waals surface area contributed by atoms with Crippen molar-refractivity contribution in [2.45, 2.75) is 97.1 Å². The summed E-state index contributed by atoms with van der Waals surface area (Å²) in [6, 6.07) is 0.298. The van der Waals surface area contributed by atoms with E-state index in [0.717, 1.165) is 25.7 Å². The van der Waals surface area contributed by atoms with Gasteiger partial charge in [0.05, 0.1) is 12.7 Å². The minimum absolute atomic E-state index is 0.108. The van der Waals surface area contributed by atoms with Crippen LogP contribution in [-0.4, -0.2) is 41.6 Å². The van der Waals surface area contributed by atoms with Gasteiger partial charge in [0.1, 0.15) is 5.78 Å². The van der Waals surface area contributed by atoms with Crippen LogP contribution < -0.4 is 5.73 Å². The first-order valence-corrected chi connectivity index (χ1v) is 16.0. The molecule has 4 aliphatic carbocycles. The molecule has 0 saturated heterocycles. The van der Waals surface area contributed by atoms with Crippen LogP contribution in [-0.2, 0) is 25.6 Å². The van der Waals surface area contributed by atoms with Gasteiger partial charge >= 0.3 is 6.72 Å². The third-order valence-corrected chi connectivity index (χ3v) is 12.6. The fourth-order valence-electron chi connectivity index (χ4n) is 9.16. The summed E-state index contributed by atoms with van der Waals surface area (Å²) in [5.74, 6) is 3.05. The average Bonchev–Trinajstić information content (AvgIpc) is 3.12. The Labute approximate surface area is 211 Å². The van der Waals surface area contributed by atoms with E-state index in [1.807, 2.05) is 0 Å². The number of Topliss-reactive ketones (excluding diaryl/α,β-unsaturated/α-hetero) is 1. The van der Waals surface area contributed by atoms with Crippen molar-refractivity contribution in [1.82, 2.24) is 0 Å². The average molecular weight is 516 g/mol. The summed E-state index contributed by atoms with van der Waals surface area (Å²) in [5, 5.41) is 11.4. The van der Waals surface area contributed by atoms with Gasteiger partial charge in [-0.25, -0.2) is 0 Å². The van der Waals surface area contributed by atoms with E-state index >= 15 is 0 Å². The molecule has 4 rings (SSSR count). The second-order valence-corrected chi connectivity index (χ2v) is 15.5. The first kappa shape index (κ1) is 27.2. The van der Waals surface area contributed by atoms with Gasteiger partial charge in [-0.1, -0.05) is 20.8 Å². The van der Waals surface area contributed by atoms with Crippen molar-refractivity contribution in [2.24, 2.45) is 52.1 Å². The number of rotatable bonds is 8. The molecule has 11 atom stereocenters. The van der Waals surface area contributed by atoms with Crippen molar-refractivity contribution < 1.29 is 23.8 Å². The van der Waals surface area contributed by atoms with E-state index in [-0.39, 0.29) is 30.3 Å². The highest BCUT2D eigenvalue weighted by molar-refractivity contribution is 8.07. The standard InChI is InChI=1S/C26H46NO5PS/c1-16(13-19(28)9-12-32-33(30,34)31-4)20-5-6-21-24-22(8-11-26(20,21)3)25(2)10-7-18(27)14-17(25)15-23(24)29/h16-18,20-24,29H,5-15,27H2,1-4H3,(H,30,34)/t16-,17?,18-,20?,21?,22?,23?,24?,25+,26-,33?/m1/s1. The lowest BCUT2D eigenvalue weighted by atomic mass is 9.43. The van der Waals surface area contributed by atoms with Crippen LogP contribution in [0.25, 0.3) is 0 Å². The van der Waals surface area contributed by atoms with Crippen LogP contribution in [0.3, 0.4) is 0 Å². The number of fused-ring (bicyclic) bond motifs is 5. The molecule has 4 saturated carbocycles. The fraction of sp³-hybridized carbons (Fsp3) is 0.962. The minimum Gasteiger partial charge on any atom is -0.393 e. The highest BCUT2D eigenvalue weighted by Gasteiger charge is 2.62. The van der Waals surface area contributed by atoms with Crippen molar-refractivity contribution >= 4 is 24.3 Å². The summed E-state index contributed by atoms with van der Waals surface area (Å²) in [6.45, 7) is 4.09. The number of ketones is 1. The molecule has 6 nitrogen and oxygen atoms in total. The van der Waals surface area contributed by atoms with Crippen molar-refractivity contribution in [1.29, 1.82) is 0 Å². The Hall–Kier alpha value is 0.120. The molecule has 0 aromatic heterocycles. The van der Waals surface area contributed by atoms with E-state index < -0.39 is 6.72 Å². The van der Waals surface area contributed by atoms with Crippen molar-refractivity contribution in [3.8, 4) is 0 Å². The van der Waals surface area contributed by atoms with Crippen LogP contribution >= 0.6 is 6.72 Å². The van der Waals surface area contributed by atoms with E-state index in [4.69, 9.17) is 26.6 Å². The molecule has 0 amide bonds. The zero-order chi connectivity index (χ0) is 24.9. The summed E-state index contributed by atoms with van der Waals surface area (Å²) >= 11 is 4.84. The summed E-state index contributed by atoms with van der Waals surface area (Å²) in [7, 11) is 1.32. The Kier molecular flexibility index (Phi) is 8.08. The van der Waals surface area contributed by atoms with E-state index in [2.05, 4.69) is 20.8 Å². The number of aliphatic hydroxyl groups excluding tert-OH is 1. The van der Waals surface area contributed by atoms with Gasteiger partial charge in [0.2, 0.25) is 0 Å². The normalized spacial score (nSPS) is 46.6. The molecule has 0 bridgehead atoms. The summed E-state index contributed by atoms with van der Waals surface area (Å²) in [6.07, 6.45) is 9.59. The highest BCUT2D eigenvalue weighted by atomic mass is 32.5. The van der Waals surface area contributed by atoms with E-state index in [1.54, 1.807) is 0 Å². The molecule has 0 aromatic rings.